The van der Waals surface area contributed by atoms with Crippen molar-refractivity contribution in [3.63, 3.8) is 0 Å². The van der Waals surface area contributed by atoms with Gasteiger partial charge in [0.15, 0.2) is 0 Å². The molecule has 1 aromatic rings. The van der Waals surface area contributed by atoms with Crippen molar-refractivity contribution in [1.82, 2.24) is 19.2 Å². The Morgan fingerprint density at radius 3 is 1.94 bits per heavy atom. The number of sulfonamides is 1. The van der Waals surface area contributed by atoms with Crippen LogP contribution in [0.2, 0.25) is 0 Å². The molecule has 0 saturated carbocycles. The normalized spacial score (nSPS) is 19.5. The number of likely N-dealkylation sites (tertiary alicyclic amines) is 1. The monoisotopic (exact) mass is 456 g/mol. The van der Waals surface area contributed by atoms with E-state index in [1.54, 1.807) is 4.90 Å². The van der Waals surface area contributed by atoms with Crippen molar-refractivity contribution in [2.45, 2.75) is 64.8 Å². The number of carbonyl (C=O) groups is 1. The SMILES string of the molecule is Cc1c(OC2CCN(C(=O)OC(C)C)CC2)ncnc1OC1CCN(S(C)(=O)=O)CC1. The lowest BCUT2D eigenvalue weighted by atomic mass is 10.1. The Balaban J connectivity index is 1.53. The largest absolute Gasteiger partial charge is 0.474 e. The van der Waals surface area contributed by atoms with Crippen LogP contribution in [-0.4, -0.2) is 84.4 Å². The Morgan fingerprint density at radius 2 is 1.48 bits per heavy atom. The van der Waals surface area contributed by atoms with Gasteiger partial charge in [0.25, 0.3) is 0 Å². The Morgan fingerprint density at radius 1 is 1.00 bits per heavy atom. The van der Waals surface area contributed by atoms with Gasteiger partial charge in [0.1, 0.15) is 18.5 Å². The summed E-state index contributed by atoms with van der Waals surface area (Å²) in [5.74, 6) is 0.933. The van der Waals surface area contributed by atoms with Crippen molar-refractivity contribution in [3.8, 4) is 11.8 Å². The second kappa shape index (κ2) is 9.99. The van der Waals surface area contributed by atoms with E-state index in [9.17, 15) is 13.2 Å². The van der Waals surface area contributed by atoms with Crippen molar-refractivity contribution >= 4 is 16.1 Å². The maximum atomic E-state index is 12.0. The molecule has 11 heteroatoms. The molecule has 0 bridgehead atoms. The predicted octanol–water partition coefficient (Wildman–Crippen LogP) is 1.98. The van der Waals surface area contributed by atoms with Crippen LogP contribution < -0.4 is 9.47 Å². The number of hydrogen-bond donors (Lipinski definition) is 0. The van der Waals surface area contributed by atoms with Crippen LogP contribution in [0, 0.1) is 6.92 Å². The summed E-state index contributed by atoms with van der Waals surface area (Å²) in [6.45, 7) is 7.54. The number of hydrogen-bond acceptors (Lipinski definition) is 8. The van der Waals surface area contributed by atoms with Crippen LogP contribution in [-0.2, 0) is 14.8 Å². The summed E-state index contributed by atoms with van der Waals surface area (Å²) < 4.78 is 42.2. The zero-order chi connectivity index (χ0) is 22.6. The number of ether oxygens (including phenoxy) is 3. The van der Waals surface area contributed by atoms with Crippen LogP contribution in [0.1, 0.15) is 45.1 Å². The molecule has 31 heavy (non-hydrogen) atoms. The number of amides is 1. The summed E-state index contributed by atoms with van der Waals surface area (Å²) >= 11 is 0. The number of rotatable bonds is 6. The first-order valence-corrected chi connectivity index (χ1v) is 12.5. The number of piperidine rings is 2. The molecule has 0 radical (unpaired) electrons. The first kappa shape index (κ1) is 23.5. The maximum absolute atomic E-state index is 12.0. The van der Waals surface area contributed by atoms with Gasteiger partial charge in [-0.2, -0.15) is 0 Å². The quantitative estimate of drug-likeness (QED) is 0.639. The molecular weight excluding hydrogens is 424 g/mol. The predicted molar refractivity (Wildman–Crippen MR) is 114 cm³/mol. The van der Waals surface area contributed by atoms with Gasteiger partial charge in [0.05, 0.1) is 17.9 Å². The molecule has 0 spiro atoms. The topological polar surface area (TPSA) is 111 Å². The van der Waals surface area contributed by atoms with Gasteiger partial charge < -0.3 is 19.1 Å². The van der Waals surface area contributed by atoms with E-state index in [4.69, 9.17) is 14.2 Å². The van der Waals surface area contributed by atoms with Crippen LogP contribution >= 0.6 is 0 Å². The highest BCUT2D eigenvalue weighted by molar-refractivity contribution is 7.88. The van der Waals surface area contributed by atoms with E-state index in [1.165, 1.54) is 16.9 Å². The average Bonchev–Trinajstić information content (AvgIpc) is 2.71. The van der Waals surface area contributed by atoms with E-state index in [0.717, 1.165) is 5.56 Å². The minimum atomic E-state index is -3.17. The molecule has 10 nitrogen and oxygen atoms in total. The molecule has 2 aliphatic heterocycles. The molecule has 3 rings (SSSR count). The van der Waals surface area contributed by atoms with E-state index < -0.39 is 10.0 Å². The molecule has 2 saturated heterocycles. The second-order valence-corrected chi connectivity index (χ2v) is 10.3. The number of aromatic nitrogens is 2. The molecule has 1 aromatic heterocycles. The van der Waals surface area contributed by atoms with Crippen molar-refractivity contribution in [2.24, 2.45) is 0 Å². The van der Waals surface area contributed by atoms with Crippen molar-refractivity contribution in [1.29, 1.82) is 0 Å². The molecule has 0 N–H and O–H groups in total. The minimum Gasteiger partial charge on any atom is -0.474 e. The first-order chi connectivity index (χ1) is 14.6. The number of nitrogens with zero attached hydrogens (tertiary/aromatic N) is 4. The molecule has 1 amide bonds. The summed E-state index contributed by atoms with van der Waals surface area (Å²) in [6, 6.07) is 0. The lowest BCUT2D eigenvalue weighted by Crippen LogP contribution is -2.42. The average molecular weight is 457 g/mol. The van der Waals surface area contributed by atoms with Crippen LogP contribution in [0.4, 0.5) is 4.79 Å². The lowest BCUT2D eigenvalue weighted by Gasteiger charge is -2.32. The third-order valence-electron chi connectivity index (χ3n) is 5.45. The zero-order valence-corrected chi connectivity index (χ0v) is 19.4. The number of carbonyl (C=O) groups excluding carboxylic acids is 1. The Kier molecular flexibility index (Phi) is 7.58. The molecular formula is C20H32N4O6S. The fraction of sp³-hybridized carbons (Fsp3) is 0.750. The molecule has 0 atom stereocenters. The van der Waals surface area contributed by atoms with Gasteiger partial charge in [-0.1, -0.05) is 0 Å². The molecule has 0 aromatic carbocycles. The molecule has 174 valence electrons. The maximum Gasteiger partial charge on any atom is 0.410 e. The van der Waals surface area contributed by atoms with E-state index in [2.05, 4.69) is 9.97 Å². The van der Waals surface area contributed by atoms with E-state index >= 15 is 0 Å². The van der Waals surface area contributed by atoms with Gasteiger partial charge in [-0.3, -0.25) is 0 Å². The third kappa shape index (κ3) is 6.42. The van der Waals surface area contributed by atoms with Crippen LogP contribution in [0.15, 0.2) is 6.33 Å². The van der Waals surface area contributed by atoms with E-state index in [-0.39, 0.29) is 24.4 Å². The molecule has 2 fully saturated rings. The van der Waals surface area contributed by atoms with Crippen LogP contribution in [0.25, 0.3) is 0 Å². The zero-order valence-electron chi connectivity index (χ0n) is 18.6. The fourth-order valence-corrected chi connectivity index (χ4v) is 4.56. The first-order valence-electron chi connectivity index (χ1n) is 10.7. The van der Waals surface area contributed by atoms with Crippen LogP contribution in [0.5, 0.6) is 11.8 Å². The molecule has 3 heterocycles. The third-order valence-corrected chi connectivity index (χ3v) is 6.76. The van der Waals surface area contributed by atoms with E-state index in [1.807, 2.05) is 20.8 Å². The van der Waals surface area contributed by atoms with Gasteiger partial charge in [-0.05, 0) is 33.6 Å². The van der Waals surface area contributed by atoms with Gasteiger partial charge in [0.2, 0.25) is 21.8 Å². The summed E-state index contributed by atoms with van der Waals surface area (Å²) in [5.41, 5.74) is 0.717. The Bertz CT molecular complexity index is 862. The van der Waals surface area contributed by atoms with Gasteiger partial charge in [-0.15, -0.1) is 0 Å². The van der Waals surface area contributed by atoms with Gasteiger partial charge in [-0.25, -0.2) is 27.5 Å². The summed E-state index contributed by atoms with van der Waals surface area (Å²) in [7, 11) is -3.17. The van der Waals surface area contributed by atoms with Crippen molar-refractivity contribution < 1.29 is 27.4 Å². The van der Waals surface area contributed by atoms with Gasteiger partial charge in [0, 0.05) is 39.0 Å². The Hall–Kier alpha value is -2.14. The smallest absolute Gasteiger partial charge is 0.410 e. The second-order valence-electron chi connectivity index (χ2n) is 8.32. The highest BCUT2D eigenvalue weighted by atomic mass is 32.2. The summed E-state index contributed by atoms with van der Waals surface area (Å²) in [4.78, 5) is 22.2. The highest BCUT2D eigenvalue weighted by Gasteiger charge is 2.28. The summed E-state index contributed by atoms with van der Waals surface area (Å²) in [6.07, 6.45) is 4.66. The molecule has 2 aliphatic rings. The van der Waals surface area contributed by atoms with Gasteiger partial charge >= 0.3 is 6.09 Å². The van der Waals surface area contributed by atoms with Crippen LogP contribution in [0.3, 0.4) is 0 Å². The fourth-order valence-electron chi connectivity index (χ4n) is 3.69. The highest BCUT2D eigenvalue weighted by Crippen LogP contribution is 2.28. The molecule has 0 unspecified atom stereocenters. The van der Waals surface area contributed by atoms with E-state index in [0.29, 0.717) is 63.6 Å². The van der Waals surface area contributed by atoms with Crippen molar-refractivity contribution in [3.05, 3.63) is 11.9 Å². The Labute approximate surface area is 183 Å². The van der Waals surface area contributed by atoms with Crippen molar-refractivity contribution in [2.75, 3.05) is 32.4 Å². The standard InChI is InChI=1S/C20H32N4O6S/c1-14(2)28-20(25)23-9-5-16(6-10-23)29-18-15(3)19(22-13-21-18)30-17-7-11-24(12-8-17)31(4,26)27/h13-14,16-17H,5-12H2,1-4H3. The summed E-state index contributed by atoms with van der Waals surface area (Å²) in [5, 5.41) is 0. The lowest BCUT2D eigenvalue weighted by molar-refractivity contribution is 0.0503. The minimum absolute atomic E-state index is 0.0532. The molecule has 0 aliphatic carbocycles.